The molecule has 0 N–H and O–H groups in total. The van der Waals surface area contributed by atoms with E-state index in [0.29, 0.717) is 5.57 Å². The van der Waals surface area contributed by atoms with Crippen LogP contribution in [0.1, 0.15) is 11.1 Å². The molecule has 0 saturated carbocycles. The van der Waals surface area contributed by atoms with E-state index in [4.69, 9.17) is 4.74 Å². The molecule has 0 radical (unpaired) electrons. The van der Waals surface area contributed by atoms with Gasteiger partial charge in [-0.2, -0.15) is 0 Å². The first-order valence-corrected chi connectivity index (χ1v) is 7.26. The average molecular weight is 402 g/mol. The Balaban J connectivity index is 2.04. The van der Waals surface area contributed by atoms with Crippen LogP contribution < -0.4 is 0 Å². The van der Waals surface area contributed by atoms with Crippen LogP contribution in [-0.2, 0) is 10.3 Å². The molecule has 3 rings (SSSR count). The highest BCUT2D eigenvalue weighted by Gasteiger charge is 2.51. The quantitative estimate of drug-likeness (QED) is 0.538. The van der Waals surface area contributed by atoms with Gasteiger partial charge in [0.2, 0.25) is 0 Å². The third-order valence-corrected chi connectivity index (χ3v) is 4.21. The van der Waals surface area contributed by atoms with Crippen molar-refractivity contribution in [1.29, 1.82) is 0 Å². The lowest BCUT2D eigenvalue weighted by atomic mass is 9.87. The van der Waals surface area contributed by atoms with Crippen molar-refractivity contribution in [3.8, 4) is 0 Å². The summed E-state index contributed by atoms with van der Waals surface area (Å²) in [6, 6.07) is 7.95. The topological polar surface area (TPSA) is 12.5 Å². The van der Waals surface area contributed by atoms with Crippen molar-refractivity contribution in [2.24, 2.45) is 0 Å². The molecular formula is C16H10F3IO. The first-order valence-electron chi connectivity index (χ1n) is 6.18. The highest BCUT2D eigenvalue weighted by Crippen LogP contribution is 2.50. The zero-order chi connectivity index (χ0) is 15.2. The van der Waals surface area contributed by atoms with Crippen LogP contribution in [0, 0.1) is 21.0 Å². The van der Waals surface area contributed by atoms with Crippen LogP contribution in [0.15, 0.2) is 43.0 Å². The lowest BCUT2D eigenvalue weighted by Crippen LogP contribution is -2.14. The fourth-order valence-electron chi connectivity index (χ4n) is 2.33. The van der Waals surface area contributed by atoms with E-state index in [-0.39, 0.29) is 17.7 Å². The molecule has 0 spiro atoms. The molecule has 1 aliphatic rings. The monoisotopic (exact) mass is 402 g/mol. The zero-order valence-electron chi connectivity index (χ0n) is 10.8. The summed E-state index contributed by atoms with van der Waals surface area (Å²) in [5.41, 5.74) is -0.323. The molecule has 108 valence electrons. The minimum absolute atomic E-state index is 0.173. The van der Waals surface area contributed by atoms with Gasteiger partial charge < -0.3 is 4.74 Å². The maximum atomic E-state index is 14.1. The number of epoxide rings is 1. The molecule has 1 heterocycles. The molecule has 1 fully saturated rings. The van der Waals surface area contributed by atoms with Crippen molar-refractivity contribution in [2.45, 2.75) is 5.60 Å². The van der Waals surface area contributed by atoms with Crippen LogP contribution >= 0.6 is 22.6 Å². The molecule has 0 aromatic heterocycles. The van der Waals surface area contributed by atoms with E-state index < -0.39 is 23.1 Å². The Kier molecular flexibility index (Phi) is 3.57. The lowest BCUT2D eigenvalue weighted by Gasteiger charge is -2.17. The number of rotatable bonds is 3. The van der Waals surface area contributed by atoms with Gasteiger partial charge in [-0.3, -0.25) is 0 Å². The summed E-state index contributed by atoms with van der Waals surface area (Å²) < 4.78 is 47.2. The molecule has 1 atom stereocenters. The van der Waals surface area contributed by atoms with Gasteiger partial charge >= 0.3 is 0 Å². The van der Waals surface area contributed by atoms with Gasteiger partial charge in [0.15, 0.2) is 0 Å². The molecule has 2 aromatic carbocycles. The number of benzene rings is 2. The number of halogens is 4. The van der Waals surface area contributed by atoms with E-state index in [9.17, 15) is 13.2 Å². The maximum Gasteiger partial charge on any atom is 0.144 e. The van der Waals surface area contributed by atoms with Crippen LogP contribution in [0.5, 0.6) is 0 Å². The van der Waals surface area contributed by atoms with Crippen molar-refractivity contribution >= 4 is 28.2 Å². The SMILES string of the molecule is C=C(c1ccc(I)cc1F)C1(c2ccc(F)cc2F)CO1. The molecule has 1 unspecified atom stereocenters. The minimum atomic E-state index is -1.11. The summed E-state index contributed by atoms with van der Waals surface area (Å²) in [5, 5.41) is 0. The molecule has 1 saturated heterocycles. The standard InChI is InChI=1S/C16H10F3IO/c1-9(12-4-3-11(20)7-14(12)18)16(8-21-16)13-5-2-10(17)6-15(13)19/h2-7H,1,8H2. The second-order valence-corrected chi connectivity index (χ2v) is 6.09. The summed E-state index contributed by atoms with van der Waals surface area (Å²) >= 11 is 2.00. The summed E-state index contributed by atoms with van der Waals surface area (Å²) in [7, 11) is 0. The van der Waals surface area contributed by atoms with E-state index in [0.717, 1.165) is 15.7 Å². The van der Waals surface area contributed by atoms with Crippen molar-refractivity contribution in [3.05, 3.63) is 75.1 Å². The fourth-order valence-corrected chi connectivity index (χ4v) is 2.79. The van der Waals surface area contributed by atoms with Crippen molar-refractivity contribution < 1.29 is 17.9 Å². The van der Waals surface area contributed by atoms with Crippen molar-refractivity contribution in [3.63, 3.8) is 0 Å². The molecule has 1 aliphatic heterocycles. The van der Waals surface area contributed by atoms with E-state index in [1.54, 1.807) is 12.1 Å². The third-order valence-electron chi connectivity index (χ3n) is 3.54. The third kappa shape index (κ3) is 2.48. The predicted octanol–water partition coefficient (Wildman–Crippen LogP) is 4.65. The van der Waals surface area contributed by atoms with E-state index in [1.165, 1.54) is 12.1 Å². The fraction of sp³-hybridized carbons (Fsp3) is 0.125. The first-order chi connectivity index (χ1) is 9.94. The first kappa shape index (κ1) is 14.6. The van der Waals surface area contributed by atoms with Crippen molar-refractivity contribution in [1.82, 2.24) is 0 Å². The predicted molar refractivity (Wildman–Crippen MR) is 82.1 cm³/mol. The largest absolute Gasteiger partial charge is 0.359 e. The van der Waals surface area contributed by atoms with E-state index in [2.05, 4.69) is 6.58 Å². The van der Waals surface area contributed by atoms with Gasteiger partial charge in [-0.15, -0.1) is 0 Å². The summed E-state index contributed by atoms with van der Waals surface area (Å²) in [6.07, 6.45) is 0. The van der Waals surface area contributed by atoms with Crippen LogP contribution in [0.3, 0.4) is 0 Å². The molecule has 0 amide bonds. The van der Waals surface area contributed by atoms with Crippen LogP contribution in [0.2, 0.25) is 0 Å². The Bertz CT molecular complexity index is 738. The average Bonchev–Trinajstić information content (AvgIpc) is 3.19. The van der Waals surface area contributed by atoms with Crippen LogP contribution in [0.4, 0.5) is 13.2 Å². The van der Waals surface area contributed by atoms with Crippen LogP contribution in [-0.4, -0.2) is 6.61 Å². The Labute approximate surface area is 133 Å². The van der Waals surface area contributed by atoms with Crippen molar-refractivity contribution in [2.75, 3.05) is 6.61 Å². The lowest BCUT2D eigenvalue weighted by molar-refractivity contribution is 0.356. The Morgan fingerprint density at radius 1 is 1.10 bits per heavy atom. The van der Waals surface area contributed by atoms with E-state index in [1.807, 2.05) is 22.6 Å². The summed E-state index contributed by atoms with van der Waals surface area (Å²) in [5.74, 6) is -1.83. The van der Waals surface area contributed by atoms with Gasteiger partial charge in [-0.05, 0) is 52.4 Å². The second kappa shape index (κ2) is 5.14. The highest BCUT2D eigenvalue weighted by molar-refractivity contribution is 14.1. The van der Waals surface area contributed by atoms with Gasteiger partial charge in [-0.1, -0.05) is 12.6 Å². The smallest absolute Gasteiger partial charge is 0.144 e. The second-order valence-electron chi connectivity index (χ2n) is 4.84. The normalized spacial score (nSPS) is 20.4. The Morgan fingerprint density at radius 3 is 2.38 bits per heavy atom. The summed E-state index contributed by atoms with van der Waals surface area (Å²) in [6.45, 7) is 4.06. The molecule has 5 heteroatoms. The minimum Gasteiger partial charge on any atom is -0.359 e. The van der Waals surface area contributed by atoms with Gasteiger partial charge in [-0.25, -0.2) is 13.2 Å². The molecule has 1 nitrogen and oxygen atoms in total. The molecule has 0 aliphatic carbocycles. The van der Waals surface area contributed by atoms with Gasteiger partial charge in [0.05, 0.1) is 6.61 Å². The van der Waals surface area contributed by atoms with Crippen LogP contribution in [0.25, 0.3) is 5.57 Å². The van der Waals surface area contributed by atoms with Gasteiger partial charge in [0.25, 0.3) is 0 Å². The Hall–Kier alpha value is -1.34. The molecule has 0 bridgehead atoms. The van der Waals surface area contributed by atoms with Gasteiger partial charge in [0.1, 0.15) is 23.1 Å². The zero-order valence-corrected chi connectivity index (χ0v) is 13.0. The molecule has 2 aromatic rings. The van der Waals surface area contributed by atoms with Gasteiger partial charge in [0, 0.05) is 20.8 Å². The van der Waals surface area contributed by atoms with E-state index >= 15 is 0 Å². The number of ether oxygens (including phenoxy) is 1. The molecular weight excluding hydrogens is 392 g/mol. The maximum absolute atomic E-state index is 14.1. The number of hydrogen-bond acceptors (Lipinski definition) is 1. The summed E-state index contributed by atoms with van der Waals surface area (Å²) in [4.78, 5) is 0. The number of hydrogen-bond donors (Lipinski definition) is 0. The highest BCUT2D eigenvalue weighted by atomic mass is 127. The Morgan fingerprint density at radius 2 is 1.81 bits per heavy atom. The molecule has 21 heavy (non-hydrogen) atoms.